The molecule has 0 atom stereocenters. The largest absolute Gasteiger partial charge is 0.416 e. The molecule has 2 aromatic rings. The van der Waals surface area contributed by atoms with Crippen molar-refractivity contribution in [3.05, 3.63) is 35.9 Å². The highest BCUT2D eigenvalue weighted by Gasteiger charge is 2.33. The Bertz CT molecular complexity index is 982. The van der Waals surface area contributed by atoms with Gasteiger partial charge < -0.3 is 9.47 Å². The number of nitrogens with zero attached hydrogens (tertiary/aromatic N) is 5. The minimum Gasteiger partial charge on any atom is -0.359 e. The van der Waals surface area contributed by atoms with Crippen molar-refractivity contribution in [1.29, 1.82) is 0 Å². The van der Waals surface area contributed by atoms with Crippen LogP contribution in [0.3, 0.4) is 0 Å². The molecular formula is C19H26F3N5O2S. The highest BCUT2D eigenvalue weighted by molar-refractivity contribution is 7.89. The van der Waals surface area contributed by atoms with Gasteiger partial charge >= 0.3 is 6.18 Å². The van der Waals surface area contributed by atoms with Crippen LogP contribution in [-0.2, 0) is 22.7 Å². The van der Waals surface area contributed by atoms with Crippen LogP contribution in [0.4, 0.5) is 19.0 Å². The number of imidazole rings is 1. The molecule has 0 unspecified atom stereocenters. The topological polar surface area (TPSA) is 71.3 Å². The molecule has 166 valence electrons. The van der Waals surface area contributed by atoms with Crippen molar-refractivity contribution in [2.45, 2.75) is 44.4 Å². The molecule has 1 aliphatic rings. The molecule has 0 N–H and O–H groups in total. The minimum absolute atomic E-state index is 0.0607. The summed E-state index contributed by atoms with van der Waals surface area (Å²) in [7, 11) is -1.95. The van der Waals surface area contributed by atoms with E-state index in [0.717, 1.165) is 18.3 Å². The van der Waals surface area contributed by atoms with Gasteiger partial charge in [-0.2, -0.15) is 17.5 Å². The lowest BCUT2D eigenvalue weighted by molar-refractivity contribution is -0.137. The summed E-state index contributed by atoms with van der Waals surface area (Å²) in [6.45, 7) is 5.56. The molecule has 1 aliphatic heterocycles. The van der Waals surface area contributed by atoms with Crippen LogP contribution in [-0.4, -0.2) is 53.9 Å². The zero-order valence-electron chi connectivity index (χ0n) is 17.2. The second-order valence-electron chi connectivity index (χ2n) is 7.54. The molecule has 0 aliphatic carbocycles. The predicted molar refractivity (Wildman–Crippen MR) is 107 cm³/mol. The lowest BCUT2D eigenvalue weighted by Crippen LogP contribution is -2.41. The van der Waals surface area contributed by atoms with E-state index in [2.05, 4.69) is 9.97 Å². The summed E-state index contributed by atoms with van der Waals surface area (Å²) in [6, 6.07) is 1.98. The third-order valence-electron chi connectivity index (χ3n) is 5.47. The molecule has 1 fully saturated rings. The average molecular weight is 446 g/mol. The molecule has 1 saturated heterocycles. The van der Waals surface area contributed by atoms with E-state index in [0.29, 0.717) is 44.8 Å². The van der Waals surface area contributed by atoms with Crippen LogP contribution in [0.5, 0.6) is 0 Å². The molecule has 7 nitrogen and oxygen atoms in total. The Kier molecular flexibility index (Phi) is 6.42. The Hall–Kier alpha value is -2.14. The number of aryl methyl sites for hydroxylation is 2. The quantitative estimate of drug-likeness (QED) is 0.683. The molecular weight excluding hydrogens is 419 g/mol. The highest BCUT2D eigenvalue weighted by Crippen LogP contribution is 2.31. The van der Waals surface area contributed by atoms with Crippen LogP contribution in [0.25, 0.3) is 0 Å². The average Bonchev–Trinajstić information content (AvgIpc) is 3.09. The fraction of sp³-hybridized carbons (Fsp3) is 0.579. The number of halogens is 3. The van der Waals surface area contributed by atoms with Gasteiger partial charge in [-0.15, -0.1) is 0 Å². The Morgan fingerprint density at radius 3 is 2.50 bits per heavy atom. The number of rotatable bonds is 6. The van der Waals surface area contributed by atoms with Gasteiger partial charge in [0.05, 0.1) is 5.56 Å². The van der Waals surface area contributed by atoms with E-state index in [9.17, 15) is 21.6 Å². The smallest absolute Gasteiger partial charge is 0.359 e. The van der Waals surface area contributed by atoms with Crippen molar-refractivity contribution in [2.75, 3.05) is 31.6 Å². The zero-order valence-corrected chi connectivity index (χ0v) is 18.0. The van der Waals surface area contributed by atoms with E-state index in [1.54, 1.807) is 29.6 Å². The SMILES string of the molecule is CCn1cc(S(=O)(=O)N2CCC(CN(C)c3cc(C(F)(F)F)ccn3)CC2)nc1C. The van der Waals surface area contributed by atoms with Gasteiger partial charge in [-0.3, -0.25) is 0 Å². The summed E-state index contributed by atoms with van der Waals surface area (Å²) < 4.78 is 67.7. The summed E-state index contributed by atoms with van der Waals surface area (Å²) in [6.07, 6.45) is -0.460. The standard InChI is InChI=1S/C19H26F3N5O2S/c1-4-26-13-18(24-14(26)2)30(28,29)27-9-6-15(7-10-27)12-25(3)17-11-16(5-8-23-17)19(20,21)22/h5,8,11,13,15H,4,6-7,9-10,12H2,1-3H3. The first-order valence-electron chi connectivity index (χ1n) is 9.80. The number of anilines is 1. The van der Waals surface area contributed by atoms with Gasteiger partial charge in [0.2, 0.25) is 0 Å². The van der Waals surface area contributed by atoms with Crippen molar-refractivity contribution < 1.29 is 21.6 Å². The van der Waals surface area contributed by atoms with Gasteiger partial charge in [-0.05, 0) is 44.7 Å². The summed E-state index contributed by atoms with van der Waals surface area (Å²) in [5, 5.41) is 0.0607. The lowest BCUT2D eigenvalue weighted by atomic mass is 9.97. The van der Waals surface area contributed by atoms with Crippen LogP contribution in [0, 0.1) is 12.8 Å². The summed E-state index contributed by atoms with van der Waals surface area (Å²) in [5.74, 6) is 1.06. The first-order valence-corrected chi connectivity index (χ1v) is 11.2. The van der Waals surface area contributed by atoms with E-state index in [-0.39, 0.29) is 16.8 Å². The minimum atomic E-state index is -4.42. The molecule has 2 aromatic heterocycles. The van der Waals surface area contributed by atoms with Gasteiger partial charge in [-0.25, -0.2) is 18.4 Å². The third-order valence-corrected chi connectivity index (χ3v) is 7.24. The molecule has 0 bridgehead atoms. The Morgan fingerprint density at radius 2 is 1.93 bits per heavy atom. The second kappa shape index (κ2) is 8.54. The Labute approximate surface area is 174 Å². The Balaban J connectivity index is 1.61. The number of hydrogen-bond donors (Lipinski definition) is 0. The maximum absolute atomic E-state index is 12.9. The molecule has 3 rings (SSSR count). The first-order chi connectivity index (χ1) is 14.0. The molecule has 30 heavy (non-hydrogen) atoms. The number of alkyl halides is 3. The number of sulfonamides is 1. The molecule has 0 saturated carbocycles. The molecule has 3 heterocycles. The van der Waals surface area contributed by atoms with Crippen molar-refractivity contribution in [1.82, 2.24) is 18.8 Å². The monoisotopic (exact) mass is 445 g/mol. The number of pyridine rings is 1. The Morgan fingerprint density at radius 1 is 1.27 bits per heavy atom. The number of piperidine rings is 1. The first kappa shape index (κ1) is 22.5. The van der Waals surface area contributed by atoms with Gasteiger partial charge in [0.1, 0.15) is 11.6 Å². The van der Waals surface area contributed by atoms with E-state index < -0.39 is 21.8 Å². The number of hydrogen-bond acceptors (Lipinski definition) is 5. The summed E-state index contributed by atoms with van der Waals surface area (Å²) in [4.78, 5) is 9.92. The maximum Gasteiger partial charge on any atom is 0.416 e. The highest BCUT2D eigenvalue weighted by atomic mass is 32.2. The van der Waals surface area contributed by atoms with Crippen LogP contribution in [0.1, 0.15) is 31.2 Å². The molecule has 0 amide bonds. The van der Waals surface area contributed by atoms with Crippen LogP contribution in [0.15, 0.2) is 29.6 Å². The predicted octanol–water partition coefficient (Wildman–Crippen LogP) is 3.16. The normalized spacial score (nSPS) is 16.7. The lowest BCUT2D eigenvalue weighted by Gasteiger charge is -2.33. The van der Waals surface area contributed by atoms with Crippen molar-refractivity contribution in [3.8, 4) is 0 Å². The van der Waals surface area contributed by atoms with Crippen LogP contribution in [0.2, 0.25) is 0 Å². The van der Waals surface area contributed by atoms with Gasteiger partial charge in [0.15, 0.2) is 5.03 Å². The zero-order chi connectivity index (χ0) is 22.1. The van der Waals surface area contributed by atoms with E-state index >= 15 is 0 Å². The van der Waals surface area contributed by atoms with Crippen molar-refractivity contribution in [2.24, 2.45) is 5.92 Å². The van der Waals surface area contributed by atoms with E-state index in [1.165, 1.54) is 4.31 Å². The van der Waals surface area contributed by atoms with Gasteiger partial charge in [-0.1, -0.05) is 0 Å². The van der Waals surface area contributed by atoms with Crippen molar-refractivity contribution >= 4 is 15.8 Å². The summed E-state index contributed by atoms with van der Waals surface area (Å²) in [5.41, 5.74) is -0.734. The van der Waals surface area contributed by atoms with E-state index in [1.807, 2.05) is 6.92 Å². The number of aromatic nitrogens is 3. The molecule has 0 aromatic carbocycles. The fourth-order valence-corrected chi connectivity index (χ4v) is 5.14. The van der Waals surface area contributed by atoms with Crippen molar-refractivity contribution in [3.63, 3.8) is 0 Å². The van der Waals surface area contributed by atoms with Crippen LogP contribution >= 0.6 is 0 Å². The molecule has 0 radical (unpaired) electrons. The molecule has 11 heteroatoms. The second-order valence-corrected chi connectivity index (χ2v) is 9.43. The third kappa shape index (κ3) is 4.77. The fourth-order valence-electron chi connectivity index (χ4n) is 3.67. The van der Waals surface area contributed by atoms with Gasteiger partial charge in [0.25, 0.3) is 10.0 Å². The van der Waals surface area contributed by atoms with E-state index in [4.69, 9.17) is 0 Å². The van der Waals surface area contributed by atoms with Crippen LogP contribution < -0.4 is 4.90 Å². The molecule has 0 spiro atoms. The van der Waals surface area contributed by atoms with Gasteiger partial charge in [0, 0.05) is 45.6 Å². The maximum atomic E-state index is 12.9. The summed E-state index contributed by atoms with van der Waals surface area (Å²) >= 11 is 0.